The highest BCUT2D eigenvalue weighted by atomic mass is 16.7. The number of hydroxylamine groups is 2. The van der Waals surface area contributed by atoms with Crippen LogP contribution >= 0.6 is 0 Å². The summed E-state index contributed by atoms with van der Waals surface area (Å²) in [4.78, 5) is 79.6. The highest BCUT2D eigenvalue weighted by Gasteiger charge is 2.47. The Balaban J connectivity index is -0.000000634. The summed E-state index contributed by atoms with van der Waals surface area (Å²) in [5.74, 6) is -5.02. The fraction of sp³-hybridized carbons (Fsp3) is 0.812. The second-order valence-electron chi connectivity index (χ2n) is 10.1. The lowest BCUT2D eigenvalue weighted by Gasteiger charge is -2.37. The molecule has 13 nitrogen and oxygen atoms in total. The maximum absolute atomic E-state index is 13.4. The van der Waals surface area contributed by atoms with Gasteiger partial charge in [-0.15, -0.1) is 5.06 Å². The lowest BCUT2D eigenvalue weighted by atomic mass is 9.68. The summed E-state index contributed by atoms with van der Waals surface area (Å²) >= 11 is 0. The minimum absolute atomic E-state index is 0. The van der Waals surface area contributed by atoms with E-state index in [-0.39, 0.29) is 96.7 Å². The number of hydrogen-bond acceptors (Lipinski definition) is 12. The van der Waals surface area contributed by atoms with Gasteiger partial charge < -0.3 is 28.5 Å². The zero-order chi connectivity index (χ0) is 29.8. The fourth-order valence-electron chi connectivity index (χ4n) is 4.08. The van der Waals surface area contributed by atoms with E-state index in [0.29, 0.717) is 11.5 Å². The third-order valence-electron chi connectivity index (χ3n) is 6.66. The van der Waals surface area contributed by atoms with Crippen LogP contribution in [0.1, 0.15) is 111 Å². The molecule has 0 N–H and O–H groups in total. The molecule has 1 aliphatic rings. The highest BCUT2D eigenvalue weighted by Crippen LogP contribution is 2.43. The summed E-state index contributed by atoms with van der Waals surface area (Å²) in [5.41, 5.74) is -2.54. The Bertz CT molecular complexity index is 893. The van der Waals surface area contributed by atoms with Gasteiger partial charge in [0.1, 0.15) is 19.8 Å². The lowest BCUT2D eigenvalue weighted by Crippen LogP contribution is -2.43. The molecule has 0 aliphatic carbocycles. The van der Waals surface area contributed by atoms with Crippen molar-refractivity contribution >= 4 is 35.7 Å². The average Bonchev–Trinajstić information content (AvgIpc) is 3.21. The third-order valence-corrected chi connectivity index (χ3v) is 6.66. The van der Waals surface area contributed by atoms with Crippen LogP contribution in [0.4, 0.5) is 0 Å². The van der Waals surface area contributed by atoms with E-state index in [1.54, 1.807) is 20.8 Å². The first-order chi connectivity index (χ1) is 18.2. The summed E-state index contributed by atoms with van der Waals surface area (Å²) < 4.78 is 25.5. The number of carbonyl (C=O) groups excluding carboxylic acids is 6. The number of amides is 2. The maximum atomic E-state index is 13.4. The summed E-state index contributed by atoms with van der Waals surface area (Å²) in [6.07, 6.45) is -0.787. The topological polar surface area (TPSA) is 161 Å². The van der Waals surface area contributed by atoms with Crippen LogP contribution in [0.5, 0.6) is 0 Å². The molecule has 0 aromatic carbocycles. The molecule has 1 saturated heterocycles. The van der Waals surface area contributed by atoms with E-state index < -0.39 is 58.5 Å². The van der Waals surface area contributed by atoms with Crippen molar-refractivity contribution < 1.29 is 57.3 Å². The number of rotatable bonds is 17. The predicted molar refractivity (Wildman–Crippen MR) is 174 cm³/mol. The van der Waals surface area contributed by atoms with Gasteiger partial charge in [0, 0.05) is 27.1 Å². The molecule has 45 heavy (non-hydrogen) atoms. The van der Waals surface area contributed by atoms with Crippen molar-refractivity contribution in [2.24, 2.45) is 16.7 Å². The van der Waals surface area contributed by atoms with Gasteiger partial charge in [0.2, 0.25) is 0 Å². The molecule has 1 rings (SSSR count). The molecule has 1 fully saturated rings. The molecule has 0 aromatic heterocycles. The first kappa shape index (κ1) is 54.4. The van der Waals surface area contributed by atoms with Crippen LogP contribution in [0.15, 0.2) is 0 Å². The summed E-state index contributed by atoms with van der Waals surface area (Å²) in [6.45, 7) is 7.66. The third kappa shape index (κ3) is 16.2. The normalized spacial score (nSPS) is 15.6. The van der Waals surface area contributed by atoms with Crippen molar-refractivity contribution in [2.75, 3.05) is 40.6 Å². The summed E-state index contributed by atoms with van der Waals surface area (Å²) in [7, 11) is 2.82. The van der Waals surface area contributed by atoms with Gasteiger partial charge in [0.25, 0.3) is 11.8 Å². The van der Waals surface area contributed by atoms with Crippen molar-refractivity contribution in [1.82, 2.24) is 5.06 Å². The van der Waals surface area contributed by atoms with E-state index in [4.69, 9.17) is 28.5 Å². The Morgan fingerprint density at radius 1 is 0.733 bits per heavy atom. The van der Waals surface area contributed by atoms with Gasteiger partial charge in [-0.05, 0) is 40.0 Å². The Morgan fingerprint density at radius 2 is 1.18 bits per heavy atom. The Kier molecular flexibility index (Phi) is 30.4. The van der Waals surface area contributed by atoms with Crippen molar-refractivity contribution in [3.8, 4) is 0 Å². The number of ether oxygens (including phenoxy) is 5. The van der Waals surface area contributed by atoms with Gasteiger partial charge in [-0.25, -0.2) is 9.59 Å². The standard InChI is InChI=1S/C26H41NO12.6CH4/c1-8-25(4,23(32)37-12-11-34-6)16-26(5,24(33)38-14-13-36-22(31)18(3)35-7)15-17(2)21(30)39-27-19(28)9-10-20(27)29;;;;;;/h17-18H,8-16H2,1-7H3;6*1H4. The summed E-state index contributed by atoms with van der Waals surface area (Å²) in [6, 6.07) is 0. The number of methoxy groups -OCH3 is 2. The molecule has 0 radical (unpaired) electrons. The van der Waals surface area contributed by atoms with Gasteiger partial charge in [-0.3, -0.25) is 19.2 Å². The molecule has 1 heterocycles. The molecule has 13 heteroatoms. The SMILES string of the molecule is C.C.C.C.C.C.CCC(C)(CC(C)(CC(C)C(=O)ON1C(=O)CCC1=O)C(=O)OCCOC(=O)C(C)OC)C(=O)OCCOC. The molecule has 270 valence electrons. The number of imide groups is 1. The largest absolute Gasteiger partial charge is 0.463 e. The first-order valence-electron chi connectivity index (χ1n) is 12.8. The Hall–Kier alpha value is -3.06. The van der Waals surface area contributed by atoms with Crippen LogP contribution in [-0.2, 0) is 57.3 Å². The second kappa shape index (κ2) is 25.2. The zero-order valence-electron chi connectivity index (χ0n) is 23.9. The number of nitrogens with zero attached hydrogens (tertiary/aromatic N) is 1. The predicted octanol–water partition coefficient (Wildman–Crippen LogP) is 5.56. The van der Waals surface area contributed by atoms with E-state index >= 15 is 0 Å². The molecule has 4 atom stereocenters. The smallest absolute Gasteiger partial charge is 0.336 e. The molecule has 2 amide bonds. The van der Waals surface area contributed by atoms with E-state index in [2.05, 4.69) is 0 Å². The minimum atomic E-state index is -1.41. The van der Waals surface area contributed by atoms with Gasteiger partial charge in [0.15, 0.2) is 6.10 Å². The lowest BCUT2D eigenvalue weighted by molar-refractivity contribution is -0.201. The van der Waals surface area contributed by atoms with Crippen LogP contribution in [0.25, 0.3) is 0 Å². The van der Waals surface area contributed by atoms with Crippen LogP contribution in [0, 0.1) is 16.7 Å². The second-order valence-corrected chi connectivity index (χ2v) is 10.1. The summed E-state index contributed by atoms with van der Waals surface area (Å²) in [5, 5.41) is 0.438. The van der Waals surface area contributed by atoms with Gasteiger partial charge in [-0.1, -0.05) is 58.4 Å². The number of esters is 3. The van der Waals surface area contributed by atoms with Crippen molar-refractivity contribution in [3.05, 3.63) is 0 Å². The van der Waals surface area contributed by atoms with E-state index in [9.17, 15) is 28.8 Å². The van der Waals surface area contributed by atoms with Crippen LogP contribution in [-0.4, -0.2) is 87.5 Å². The first-order valence-corrected chi connectivity index (χ1v) is 12.8. The quantitative estimate of drug-likeness (QED) is 0.0831. The number of carbonyl (C=O) groups is 6. The molecular formula is C32H65NO12. The van der Waals surface area contributed by atoms with Gasteiger partial charge in [-0.2, -0.15) is 0 Å². The fourth-order valence-corrected chi connectivity index (χ4v) is 4.08. The zero-order valence-corrected chi connectivity index (χ0v) is 23.9. The van der Waals surface area contributed by atoms with Crippen LogP contribution in [0.3, 0.4) is 0 Å². The molecular weight excluding hydrogens is 590 g/mol. The molecule has 4 unspecified atom stereocenters. The van der Waals surface area contributed by atoms with E-state index in [0.717, 1.165) is 0 Å². The van der Waals surface area contributed by atoms with E-state index in [1.165, 1.54) is 28.1 Å². The van der Waals surface area contributed by atoms with Crippen LogP contribution < -0.4 is 0 Å². The molecule has 0 spiro atoms. The van der Waals surface area contributed by atoms with Crippen molar-refractivity contribution in [2.45, 2.75) is 117 Å². The molecule has 1 aliphatic heterocycles. The van der Waals surface area contributed by atoms with E-state index in [1.807, 2.05) is 0 Å². The van der Waals surface area contributed by atoms with Crippen molar-refractivity contribution in [1.29, 1.82) is 0 Å². The Labute approximate surface area is 272 Å². The average molecular weight is 656 g/mol. The highest BCUT2D eigenvalue weighted by molar-refractivity contribution is 6.01. The molecule has 0 aromatic rings. The Morgan fingerprint density at radius 3 is 1.62 bits per heavy atom. The maximum Gasteiger partial charge on any atom is 0.336 e. The van der Waals surface area contributed by atoms with Crippen LogP contribution in [0.2, 0.25) is 0 Å². The molecule has 0 bridgehead atoms. The van der Waals surface area contributed by atoms with Crippen molar-refractivity contribution in [3.63, 3.8) is 0 Å². The molecule has 0 saturated carbocycles. The minimum Gasteiger partial charge on any atom is -0.463 e. The van der Waals surface area contributed by atoms with Gasteiger partial charge >= 0.3 is 23.9 Å². The monoisotopic (exact) mass is 655 g/mol. The van der Waals surface area contributed by atoms with Gasteiger partial charge in [0.05, 0.1) is 23.4 Å². The number of hydrogen-bond donors (Lipinski definition) is 0.